The van der Waals surface area contributed by atoms with E-state index in [0.29, 0.717) is 6.04 Å². The van der Waals surface area contributed by atoms with Crippen molar-refractivity contribution in [2.75, 3.05) is 6.54 Å². The van der Waals surface area contributed by atoms with E-state index < -0.39 is 0 Å². The van der Waals surface area contributed by atoms with E-state index in [4.69, 9.17) is 0 Å². The molecule has 1 atom stereocenters. The van der Waals surface area contributed by atoms with E-state index >= 15 is 0 Å². The smallest absolute Gasteiger partial charge is 0.0342 e. The molecule has 16 heavy (non-hydrogen) atoms. The van der Waals surface area contributed by atoms with Gasteiger partial charge in [-0.25, -0.2) is 0 Å². The lowest BCUT2D eigenvalue weighted by atomic mass is 10.0. The second-order valence-corrected chi connectivity index (χ2v) is 4.83. The van der Waals surface area contributed by atoms with Crippen molar-refractivity contribution in [2.24, 2.45) is 0 Å². The monoisotopic (exact) mass is 231 g/mol. The number of benzene rings is 1. The Bertz CT molecular complexity index is 434. The molecule has 0 fully saturated rings. The average Bonchev–Trinajstić information content (AvgIpc) is 2.83. The van der Waals surface area contributed by atoms with Gasteiger partial charge >= 0.3 is 0 Å². The molecular weight excluding hydrogens is 214 g/mol. The van der Waals surface area contributed by atoms with Gasteiger partial charge in [-0.2, -0.15) is 0 Å². The highest BCUT2D eigenvalue weighted by molar-refractivity contribution is 7.13. The summed E-state index contributed by atoms with van der Waals surface area (Å²) in [6.45, 7) is 5.35. The highest BCUT2D eigenvalue weighted by atomic mass is 32.1. The fraction of sp³-hybridized carbons (Fsp3) is 0.286. The van der Waals surface area contributed by atoms with Gasteiger partial charge in [0.2, 0.25) is 0 Å². The summed E-state index contributed by atoms with van der Waals surface area (Å²) in [7, 11) is 0. The number of hydrogen-bond donors (Lipinski definition) is 1. The summed E-state index contributed by atoms with van der Waals surface area (Å²) in [5, 5.41) is 5.56. The van der Waals surface area contributed by atoms with Crippen LogP contribution in [0.3, 0.4) is 0 Å². The number of hydrogen-bond acceptors (Lipinski definition) is 2. The molecule has 2 aromatic rings. The number of thiophene rings is 1. The lowest BCUT2D eigenvalue weighted by molar-refractivity contribution is 0.598. The summed E-state index contributed by atoms with van der Waals surface area (Å²) < 4.78 is 0. The van der Waals surface area contributed by atoms with Crippen LogP contribution < -0.4 is 5.32 Å². The Balaban J connectivity index is 2.26. The lowest BCUT2D eigenvalue weighted by Gasteiger charge is -2.13. The minimum Gasteiger partial charge on any atom is -0.310 e. The molecule has 2 heteroatoms. The van der Waals surface area contributed by atoms with Crippen molar-refractivity contribution in [1.29, 1.82) is 0 Å². The second-order valence-electron chi connectivity index (χ2n) is 3.88. The molecule has 1 aromatic carbocycles. The van der Waals surface area contributed by atoms with Crippen molar-refractivity contribution in [3.63, 3.8) is 0 Å². The molecule has 1 nitrogen and oxygen atoms in total. The van der Waals surface area contributed by atoms with E-state index in [2.05, 4.69) is 60.9 Å². The van der Waals surface area contributed by atoms with Crippen molar-refractivity contribution in [3.8, 4) is 10.4 Å². The van der Waals surface area contributed by atoms with Gasteiger partial charge in [0.05, 0.1) is 0 Å². The molecule has 0 aliphatic carbocycles. The van der Waals surface area contributed by atoms with Crippen molar-refractivity contribution in [2.45, 2.75) is 19.9 Å². The van der Waals surface area contributed by atoms with Gasteiger partial charge in [-0.1, -0.05) is 31.2 Å². The molecule has 2 rings (SSSR count). The summed E-state index contributed by atoms with van der Waals surface area (Å²) in [6.07, 6.45) is 0. The largest absolute Gasteiger partial charge is 0.310 e. The maximum absolute atomic E-state index is 3.44. The first-order chi connectivity index (χ1) is 7.81. The van der Waals surface area contributed by atoms with Crippen LogP contribution in [0.2, 0.25) is 0 Å². The van der Waals surface area contributed by atoms with E-state index in [-0.39, 0.29) is 0 Å². The molecule has 0 amide bonds. The average molecular weight is 231 g/mol. The van der Waals surface area contributed by atoms with E-state index in [1.54, 1.807) is 11.3 Å². The molecule has 0 saturated carbocycles. The summed E-state index contributed by atoms with van der Waals surface area (Å²) in [5.41, 5.74) is 2.67. The van der Waals surface area contributed by atoms with Gasteiger partial charge in [-0.3, -0.25) is 0 Å². The SMILES string of the molecule is CCNC(C)c1cccc(-c2cccs2)c1. The normalized spacial score (nSPS) is 12.6. The van der Waals surface area contributed by atoms with Crippen LogP contribution in [0.15, 0.2) is 41.8 Å². The van der Waals surface area contributed by atoms with Crippen LogP contribution in [-0.4, -0.2) is 6.54 Å². The topological polar surface area (TPSA) is 12.0 Å². The molecule has 1 heterocycles. The summed E-state index contributed by atoms with van der Waals surface area (Å²) >= 11 is 1.79. The van der Waals surface area contributed by atoms with Crippen molar-refractivity contribution < 1.29 is 0 Å². The third kappa shape index (κ3) is 2.52. The maximum atomic E-state index is 3.44. The quantitative estimate of drug-likeness (QED) is 0.836. The molecule has 0 saturated heterocycles. The van der Waals surface area contributed by atoms with Crippen LogP contribution in [0.25, 0.3) is 10.4 Å². The van der Waals surface area contributed by atoms with Gasteiger partial charge in [0.15, 0.2) is 0 Å². The van der Waals surface area contributed by atoms with E-state index in [9.17, 15) is 0 Å². The summed E-state index contributed by atoms with van der Waals surface area (Å²) in [5.74, 6) is 0. The third-order valence-electron chi connectivity index (χ3n) is 2.70. The molecule has 1 N–H and O–H groups in total. The predicted octanol–water partition coefficient (Wildman–Crippen LogP) is 4.09. The Labute approximate surface area is 101 Å². The Morgan fingerprint density at radius 3 is 2.81 bits per heavy atom. The Morgan fingerprint density at radius 2 is 2.12 bits per heavy atom. The van der Waals surface area contributed by atoms with Gasteiger partial charge in [-0.05, 0) is 42.1 Å². The first-order valence-corrected chi connectivity index (χ1v) is 6.56. The van der Waals surface area contributed by atoms with E-state index in [0.717, 1.165) is 6.54 Å². The van der Waals surface area contributed by atoms with Crippen LogP contribution >= 0.6 is 11.3 Å². The highest BCUT2D eigenvalue weighted by Gasteiger charge is 2.05. The lowest BCUT2D eigenvalue weighted by Crippen LogP contribution is -2.17. The first kappa shape index (κ1) is 11.4. The molecule has 1 unspecified atom stereocenters. The predicted molar refractivity (Wildman–Crippen MR) is 71.8 cm³/mol. The second kappa shape index (κ2) is 5.28. The van der Waals surface area contributed by atoms with Crippen LogP contribution in [0, 0.1) is 0 Å². The van der Waals surface area contributed by atoms with Gasteiger partial charge in [0.1, 0.15) is 0 Å². The first-order valence-electron chi connectivity index (χ1n) is 5.68. The van der Waals surface area contributed by atoms with Crippen LogP contribution in [0.1, 0.15) is 25.5 Å². The molecule has 0 aliphatic heterocycles. The number of nitrogens with one attached hydrogen (secondary N) is 1. The van der Waals surface area contributed by atoms with Crippen LogP contribution in [0.4, 0.5) is 0 Å². The summed E-state index contributed by atoms with van der Waals surface area (Å²) in [6, 6.07) is 13.5. The van der Waals surface area contributed by atoms with Crippen LogP contribution in [-0.2, 0) is 0 Å². The molecule has 0 bridgehead atoms. The molecule has 84 valence electrons. The zero-order chi connectivity index (χ0) is 11.4. The fourth-order valence-electron chi connectivity index (χ4n) is 1.83. The van der Waals surface area contributed by atoms with Gasteiger partial charge in [0, 0.05) is 10.9 Å². The van der Waals surface area contributed by atoms with Crippen molar-refractivity contribution in [3.05, 3.63) is 47.3 Å². The summed E-state index contributed by atoms with van der Waals surface area (Å²) in [4.78, 5) is 1.34. The Kier molecular flexibility index (Phi) is 3.75. The molecule has 0 radical (unpaired) electrons. The van der Waals surface area contributed by atoms with Gasteiger partial charge in [-0.15, -0.1) is 11.3 Å². The molecule has 1 aromatic heterocycles. The maximum Gasteiger partial charge on any atom is 0.0342 e. The van der Waals surface area contributed by atoms with Crippen LogP contribution in [0.5, 0.6) is 0 Å². The third-order valence-corrected chi connectivity index (χ3v) is 3.62. The minimum atomic E-state index is 0.421. The molecule has 0 spiro atoms. The van der Waals surface area contributed by atoms with E-state index in [1.165, 1.54) is 16.0 Å². The van der Waals surface area contributed by atoms with E-state index in [1.807, 2.05) is 0 Å². The van der Waals surface area contributed by atoms with Gasteiger partial charge < -0.3 is 5.32 Å². The Hall–Kier alpha value is -1.12. The minimum absolute atomic E-state index is 0.421. The molecule has 0 aliphatic rings. The fourth-order valence-corrected chi connectivity index (χ4v) is 2.55. The zero-order valence-electron chi connectivity index (χ0n) is 9.73. The van der Waals surface area contributed by atoms with Crippen molar-refractivity contribution >= 4 is 11.3 Å². The zero-order valence-corrected chi connectivity index (χ0v) is 10.6. The van der Waals surface area contributed by atoms with Gasteiger partial charge in [0.25, 0.3) is 0 Å². The molecular formula is C14H17NS. The highest BCUT2D eigenvalue weighted by Crippen LogP contribution is 2.26. The Morgan fingerprint density at radius 1 is 1.25 bits per heavy atom. The van der Waals surface area contributed by atoms with Crippen molar-refractivity contribution in [1.82, 2.24) is 5.32 Å². The number of rotatable bonds is 4. The standard InChI is InChI=1S/C14H17NS/c1-3-15-11(2)12-6-4-7-13(10-12)14-8-5-9-16-14/h4-11,15H,3H2,1-2H3.